The van der Waals surface area contributed by atoms with Crippen molar-refractivity contribution in [3.05, 3.63) is 60.1 Å². The van der Waals surface area contributed by atoms with Crippen molar-refractivity contribution in [3.8, 4) is 17.8 Å². The minimum absolute atomic E-state index is 0.0566. The fraction of sp³-hybridized carbons (Fsp3) is 0.471. The summed E-state index contributed by atoms with van der Waals surface area (Å²) in [6.07, 6.45) is 5.38. The molecule has 0 spiro atoms. The molecule has 234 valence electrons. The van der Waals surface area contributed by atoms with Gasteiger partial charge in [0, 0.05) is 48.9 Å². The highest BCUT2D eigenvalue weighted by Crippen LogP contribution is 2.44. The Bertz CT molecular complexity index is 1680. The highest BCUT2D eigenvalue weighted by atomic mass is 19.1. The zero-order valence-corrected chi connectivity index (χ0v) is 25.4. The lowest BCUT2D eigenvalue weighted by Crippen LogP contribution is -2.55. The van der Waals surface area contributed by atoms with Crippen LogP contribution in [0.1, 0.15) is 43.4 Å². The molecule has 45 heavy (non-hydrogen) atoms. The molecule has 1 aromatic heterocycles. The van der Waals surface area contributed by atoms with Gasteiger partial charge in [-0.1, -0.05) is 30.8 Å². The molecule has 1 N–H and O–H groups in total. The number of ether oxygens (including phenoxy) is 1. The molecule has 0 unspecified atom stereocenters. The maximum atomic E-state index is 13.8. The molecule has 11 heteroatoms. The molecule has 1 aliphatic carbocycles. The summed E-state index contributed by atoms with van der Waals surface area (Å²) < 4.78 is 20.3. The van der Waals surface area contributed by atoms with Gasteiger partial charge in [0.1, 0.15) is 18.2 Å². The van der Waals surface area contributed by atoms with E-state index >= 15 is 0 Å². The van der Waals surface area contributed by atoms with Crippen LogP contribution in [0.15, 0.2) is 48.8 Å². The van der Waals surface area contributed by atoms with E-state index in [9.17, 15) is 19.6 Å². The zero-order chi connectivity index (χ0) is 31.1. The van der Waals surface area contributed by atoms with E-state index < -0.39 is 17.8 Å². The first kappa shape index (κ1) is 29.3. The second-order valence-corrected chi connectivity index (χ2v) is 12.7. The number of fused-ring (bicyclic) bond motifs is 2. The number of carbonyl (C=O) groups is 1. The molecule has 1 saturated carbocycles. The maximum Gasteiger partial charge on any atom is 0.318 e. The van der Waals surface area contributed by atoms with Crippen LogP contribution in [0.4, 0.5) is 15.9 Å². The first-order chi connectivity index (χ1) is 21.8. The van der Waals surface area contributed by atoms with Crippen LogP contribution in [-0.4, -0.2) is 88.2 Å². The van der Waals surface area contributed by atoms with Gasteiger partial charge < -0.3 is 24.5 Å². The number of hydrogen-bond donors (Lipinski definition) is 1. The lowest BCUT2D eigenvalue weighted by atomic mass is 10.0. The van der Waals surface area contributed by atoms with Gasteiger partial charge in [-0.05, 0) is 56.6 Å². The highest BCUT2D eigenvalue weighted by Gasteiger charge is 2.49. The van der Waals surface area contributed by atoms with Crippen LogP contribution in [0, 0.1) is 11.3 Å². The monoisotopic (exact) mass is 611 g/mol. The van der Waals surface area contributed by atoms with Gasteiger partial charge in [0.2, 0.25) is 0 Å². The minimum Gasteiger partial charge on any atom is -0.508 e. The van der Waals surface area contributed by atoms with Gasteiger partial charge in [-0.3, -0.25) is 9.69 Å². The summed E-state index contributed by atoms with van der Waals surface area (Å²) in [5, 5.41) is 22.1. The molecular formula is C34H38FN7O3. The molecule has 3 aromatic rings. The molecule has 1 amide bonds. The first-order valence-corrected chi connectivity index (χ1v) is 15.9. The number of aromatic nitrogens is 2. The number of phenolic OH excluding ortho intramolecular Hbond substituents is 1. The highest BCUT2D eigenvalue weighted by molar-refractivity contribution is 5.95. The number of piperazine rings is 1. The van der Waals surface area contributed by atoms with Crippen molar-refractivity contribution in [2.24, 2.45) is 0 Å². The van der Waals surface area contributed by atoms with Crippen molar-refractivity contribution < 1.29 is 19.0 Å². The summed E-state index contributed by atoms with van der Waals surface area (Å²) in [4.78, 5) is 30.8. The molecule has 4 aliphatic rings. The van der Waals surface area contributed by atoms with Crippen LogP contribution < -0.4 is 14.5 Å². The van der Waals surface area contributed by atoms with E-state index in [-0.39, 0.29) is 24.3 Å². The smallest absolute Gasteiger partial charge is 0.318 e. The van der Waals surface area contributed by atoms with Crippen LogP contribution in [0.5, 0.6) is 11.8 Å². The topological polar surface area (TPSA) is 109 Å². The number of hydrogen-bond acceptors (Lipinski definition) is 9. The third kappa shape index (κ3) is 5.63. The Morgan fingerprint density at radius 3 is 2.67 bits per heavy atom. The Morgan fingerprint density at radius 2 is 1.91 bits per heavy atom. The average molecular weight is 612 g/mol. The summed E-state index contributed by atoms with van der Waals surface area (Å²) >= 11 is 0. The van der Waals surface area contributed by atoms with Crippen LogP contribution in [0.25, 0.3) is 10.8 Å². The van der Waals surface area contributed by atoms with E-state index in [1.807, 2.05) is 18.2 Å². The standard InChI is InChI=1S/C34H38FN7O3/c1-23(35)32(44)42-17-16-40(20-25(42)8-12-36)31-28-9-15-39(30-19-26(43)18-24-6-2-3-7-27(24)30)21-29(28)37-33(38-31)45-22-34(10-11-34)41-13-4-5-14-41/h2-3,6-7,18-19,25,43H,1,4-5,8-11,13-17,20-22H2/t25-/m0/s1. The van der Waals surface area contributed by atoms with Crippen LogP contribution in [-0.2, 0) is 17.8 Å². The number of nitriles is 1. The quantitative estimate of drug-likeness (QED) is 0.373. The van der Waals surface area contributed by atoms with Gasteiger partial charge >= 0.3 is 6.01 Å². The number of likely N-dealkylation sites (tertiary alicyclic amines) is 1. The number of nitrogens with zero attached hydrogens (tertiary/aromatic N) is 7. The third-order valence-corrected chi connectivity index (χ3v) is 9.86. The zero-order valence-electron chi connectivity index (χ0n) is 25.4. The molecule has 4 heterocycles. The van der Waals surface area contributed by atoms with Crippen LogP contribution in [0.3, 0.4) is 0 Å². The second-order valence-electron chi connectivity index (χ2n) is 12.7. The number of amides is 1. The third-order valence-electron chi connectivity index (χ3n) is 9.86. The van der Waals surface area contributed by atoms with Crippen molar-refractivity contribution in [3.63, 3.8) is 0 Å². The van der Waals surface area contributed by atoms with E-state index in [4.69, 9.17) is 14.7 Å². The van der Waals surface area contributed by atoms with E-state index in [0.717, 1.165) is 59.5 Å². The first-order valence-electron chi connectivity index (χ1n) is 15.9. The number of benzene rings is 2. The molecule has 0 radical (unpaired) electrons. The van der Waals surface area contributed by atoms with E-state index in [2.05, 4.69) is 33.4 Å². The van der Waals surface area contributed by atoms with Crippen LogP contribution in [0.2, 0.25) is 0 Å². The lowest BCUT2D eigenvalue weighted by Gasteiger charge is -2.42. The predicted octanol–water partition coefficient (Wildman–Crippen LogP) is 4.32. The fourth-order valence-corrected chi connectivity index (χ4v) is 7.29. The van der Waals surface area contributed by atoms with E-state index in [1.165, 1.54) is 17.7 Å². The number of anilines is 2. The number of phenols is 1. The Morgan fingerprint density at radius 1 is 1.11 bits per heavy atom. The molecular weight excluding hydrogens is 573 g/mol. The molecule has 2 saturated heterocycles. The normalized spacial score (nSPS) is 21.0. The van der Waals surface area contributed by atoms with Gasteiger partial charge in [-0.15, -0.1) is 0 Å². The number of rotatable bonds is 8. The maximum absolute atomic E-state index is 13.8. The number of carbonyl (C=O) groups excluding carboxylic acids is 1. The molecule has 10 nitrogen and oxygen atoms in total. The molecule has 2 aromatic carbocycles. The predicted molar refractivity (Wildman–Crippen MR) is 169 cm³/mol. The van der Waals surface area contributed by atoms with Crippen molar-refractivity contribution in [1.82, 2.24) is 19.8 Å². The molecule has 3 aliphatic heterocycles. The van der Waals surface area contributed by atoms with Gasteiger partial charge in [-0.25, -0.2) is 4.39 Å². The Balaban J connectivity index is 1.22. The Kier molecular flexibility index (Phi) is 7.69. The van der Waals surface area contributed by atoms with Gasteiger partial charge in [-0.2, -0.15) is 15.2 Å². The average Bonchev–Trinajstić information content (AvgIpc) is 3.63. The SMILES string of the molecule is C=C(F)C(=O)N1CCN(c2nc(OCC3(N4CCCC4)CC3)nc3c2CCN(c2cc(O)cc4ccccc24)C3)C[C@@H]1CC#N. The molecule has 0 bridgehead atoms. The van der Waals surface area contributed by atoms with Gasteiger partial charge in [0.05, 0.1) is 36.3 Å². The fourth-order valence-electron chi connectivity index (χ4n) is 7.29. The van der Waals surface area contributed by atoms with Crippen molar-refractivity contribution in [2.45, 2.75) is 56.7 Å². The molecule has 7 rings (SSSR count). The second kappa shape index (κ2) is 11.8. The van der Waals surface area contributed by atoms with Crippen molar-refractivity contribution in [1.29, 1.82) is 5.26 Å². The Hall–Kier alpha value is -4.43. The number of halogens is 1. The number of aromatic hydroxyl groups is 1. The minimum atomic E-state index is -1.02. The lowest BCUT2D eigenvalue weighted by molar-refractivity contribution is -0.131. The largest absolute Gasteiger partial charge is 0.508 e. The van der Waals surface area contributed by atoms with E-state index in [0.29, 0.717) is 45.2 Å². The van der Waals surface area contributed by atoms with E-state index in [1.54, 1.807) is 12.1 Å². The molecule has 3 fully saturated rings. The Labute approximate surface area is 262 Å². The summed E-state index contributed by atoms with van der Waals surface area (Å²) in [5.41, 5.74) is 2.86. The summed E-state index contributed by atoms with van der Waals surface area (Å²) in [7, 11) is 0. The van der Waals surface area contributed by atoms with Crippen LogP contribution >= 0.6 is 0 Å². The summed E-state index contributed by atoms with van der Waals surface area (Å²) in [6, 6.07) is 13.6. The summed E-state index contributed by atoms with van der Waals surface area (Å²) in [5.74, 6) is -0.830. The molecule has 1 atom stereocenters. The van der Waals surface area contributed by atoms with Crippen molar-refractivity contribution in [2.75, 3.05) is 55.7 Å². The van der Waals surface area contributed by atoms with Crippen molar-refractivity contribution >= 4 is 28.2 Å². The summed E-state index contributed by atoms with van der Waals surface area (Å²) in [6.45, 7) is 8.14. The van der Waals surface area contributed by atoms with Gasteiger partial charge in [0.15, 0.2) is 5.83 Å². The van der Waals surface area contributed by atoms with Gasteiger partial charge in [0.25, 0.3) is 5.91 Å².